The Balaban J connectivity index is 1.84. The first-order chi connectivity index (χ1) is 10.9. The van der Waals surface area contributed by atoms with Crippen molar-refractivity contribution in [2.45, 2.75) is 6.18 Å². The van der Waals surface area contributed by atoms with Gasteiger partial charge in [0.15, 0.2) is 0 Å². The summed E-state index contributed by atoms with van der Waals surface area (Å²) in [6, 6.07) is 7.65. The SMILES string of the molecule is O=c1cc(-n2cnc(Nc3cccc(C(F)(F)F)c3)n2)cc[nH]1. The molecule has 0 fully saturated rings. The number of alkyl halides is 3. The highest BCUT2D eigenvalue weighted by atomic mass is 19.4. The third-order valence-electron chi connectivity index (χ3n) is 2.96. The van der Waals surface area contributed by atoms with Crippen LogP contribution < -0.4 is 10.9 Å². The molecule has 0 bridgehead atoms. The molecule has 6 nitrogen and oxygen atoms in total. The molecule has 3 rings (SSSR count). The summed E-state index contributed by atoms with van der Waals surface area (Å²) in [6.45, 7) is 0. The van der Waals surface area contributed by atoms with E-state index in [1.165, 1.54) is 35.4 Å². The fourth-order valence-electron chi connectivity index (χ4n) is 1.92. The van der Waals surface area contributed by atoms with Gasteiger partial charge in [0.25, 0.3) is 0 Å². The standard InChI is InChI=1S/C14H10F3N5O/c15-14(16,17)9-2-1-3-10(6-9)20-13-19-8-22(21-13)11-4-5-18-12(23)7-11/h1-8H,(H,18,23)(H,20,21). The number of nitrogens with one attached hydrogen (secondary N) is 2. The van der Waals surface area contributed by atoms with E-state index in [0.29, 0.717) is 5.69 Å². The van der Waals surface area contributed by atoms with Gasteiger partial charge in [0.1, 0.15) is 6.33 Å². The Hall–Kier alpha value is -3.10. The molecule has 0 unspecified atom stereocenters. The summed E-state index contributed by atoms with van der Waals surface area (Å²) in [4.78, 5) is 17.7. The number of pyridine rings is 1. The number of aromatic amines is 1. The molecule has 0 amide bonds. The van der Waals surface area contributed by atoms with E-state index < -0.39 is 11.7 Å². The second-order valence-electron chi connectivity index (χ2n) is 4.63. The number of rotatable bonds is 3. The monoisotopic (exact) mass is 321 g/mol. The quantitative estimate of drug-likeness (QED) is 0.778. The van der Waals surface area contributed by atoms with Crippen molar-refractivity contribution in [1.29, 1.82) is 0 Å². The smallest absolute Gasteiger partial charge is 0.329 e. The first kappa shape index (κ1) is 14.8. The Morgan fingerprint density at radius 3 is 2.74 bits per heavy atom. The van der Waals surface area contributed by atoms with Crippen molar-refractivity contribution in [3.63, 3.8) is 0 Å². The molecular weight excluding hydrogens is 311 g/mol. The second-order valence-corrected chi connectivity index (χ2v) is 4.63. The third-order valence-corrected chi connectivity index (χ3v) is 2.96. The molecule has 118 valence electrons. The summed E-state index contributed by atoms with van der Waals surface area (Å²) in [5.41, 5.74) is -0.372. The summed E-state index contributed by atoms with van der Waals surface area (Å²) in [5.74, 6) is 0.115. The van der Waals surface area contributed by atoms with Gasteiger partial charge < -0.3 is 10.3 Å². The number of anilines is 2. The maximum Gasteiger partial charge on any atom is 0.416 e. The van der Waals surface area contributed by atoms with Gasteiger partial charge in [-0.25, -0.2) is 4.68 Å². The fourth-order valence-corrected chi connectivity index (χ4v) is 1.92. The van der Waals surface area contributed by atoms with Gasteiger partial charge in [0.2, 0.25) is 11.5 Å². The number of hydrogen-bond donors (Lipinski definition) is 2. The van der Waals surface area contributed by atoms with Gasteiger partial charge in [-0.1, -0.05) is 6.07 Å². The second kappa shape index (κ2) is 5.59. The predicted molar refractivity (Wildman–Crippen MR) is 76.7 cm³/mol. The van der Waals surface area contributed by atoms with Crippen LogP contribution in [-0.4, -0.2) is 19.7 Å². The average molecular weight is 321 g/mol. The summed E-state index contributed by atoms with van der Waals surface area (Å²) >= 11 is 0. The lowest BCUT2D eigenvalue weighted by Gasteiger charge is -2.08. The molecule has 0 spiro atoms. The van der Waals surface area contributed by atoms with Gasteiger partial charge in [-0.2, -0.15) is 18.2 Å². The summed E-state index contributed by atoms with van der Waals surface area (Å²) in [5, 5.41) is 6.76. The molecule has 1 aromatic carbocycles. The van der Waals surface area contributed by atoms with Crippen molar-refractivity contribution in [2.24, 2.45) is 0 Å². The largest absolute Gasteiger partial charge is 0.416 e. The molecule has 0 aliphatic heterocycles. The fraction of sp³-hybridized carbons (Fsp3) is 0.0714. The van der Waals surface area contributed by atoms with E-state index >= 15 is 0 Å². The van der Waals surface area contributed by atoms with E-state index in [-0.39, 0.29) is 17.2 Å². The minimum absolute atomic E-state index is 0.115. The van der Waals surface area contributed by atoms with E-state index in [1.807, 2.05) is 0 Å². The first-order valence-electron chi connectivity index (χ1n) is 6.47. The molecule has 0 saturated heterocycles. The van der Waals surface area contributed by atoms with Gasteiger partial charge in [0, 0.05) is 18.0 Å². The van der Waals surface area contributed by atoms with Crippen molar-refractivity contribution in [1.82, 2.24) is 19.7 Å². The number of halogens is 3. The van der Waals surface area contributed by atoms with E-state index in [1.54, 1.807) is 6.07 Å². The highest BCUT2D eigenvalue weighted by Crippen LogP contribution is 2.31. The molecule has 0 radical (unpaired) electrons. The van der Waals surface area contributed by atoms with Gasteiger partial charge in [0.05, 0.1) is 11.3 Å². The molecule has 23 heavy (non-hydrogen) atoms. The number of benzene rings is 1. The third kappa shape index (κ3) is 3.39. The van der Waals surface area contributed by atoms with Crippen molar-refractivity contribution in [3.8, 4) is 5.69 Å². The van der Waals surface area contributed by atoms with Crippen LogP contribution in [0, 0.1) is 0 Å². The zero-order chi connectivity index (χ0) is 16.4. The Bertz CT molecular complexity index is 884. The van der Waals surface area contributed by atoms with Crippen molar-refractivity contribution >= 4 is 11.6 Å². The van der Waals surface area contributed by atoms with Crippen LogP contribution in [0.2, 0.25) is 0 Å². The highest BCUT2D eigenvalue weighted by Gasteiger charge is 2.30. The molecule has 2 aromatic heterocycles. The predicted octanol–water partition coefficient (Wildman–Crippen LogP) is 2.72. The van der Waals surface area contributed by atoms with Crippen molar-refractivity contribution in [2.75, 3.05) is 5.32 Å². The Morgan fingerprint density at radius 1 is 1.17 bits per heavy atom. The van der Waals surface area contributed by atoms with E-state index in [2.05, 4.69) is 20.4 Å². The average Bonchev–Trinajstić information content (AvgIpc) is 2.95. The van der Waals surface area contributed by atoms with Crippen LogP contribution in [0.1, 0.15) is 5.56 Å². The van der Waals surface area contributed by atoms with Crippen molar-refractivity contribution < 1.29 is 13.2 Å². The normalized spacial score (nSPS) is 11.4. The van der Waals surface area contributed by atoms with Crippen LogP contribution in [-0.2, 0) is 6.18 Å². The minimum Gasteiger partial charge on any atom is -0.329 e. The lowest BCUT2D eigenvalue weighted by molar-refractivity contribution is -0.137. The maximum absolute atomic E-state index is 12.7. The zero-order valence-corrected chi connectivity index (χ0v) is 11.5. The number of nitrogens with zero attached hydrogens (tertiary/aromatic N) is 3. The van der Waals surface area contributed by atoms with Gasteiger partial charge >= 0.3 is 6.18 Å². The Morgan fingerprint density at radius 2 is 2.00 bits per heavy atom. The minimum atomic E-state index is -4.42. The van der Waals surface area contributed by atoms with Gasteiger partial charge in [-0.3, -0.25) is 4.79 Å². The number of hydrogen-bond acceptors (Lipinski definition) is 4. The van der Waals surface area contributed by atoms with Gasteiger partial charge in [-0.05, 0) is 24.3 Å². The molecular formula is C14H10F3N5O. The van der Waals surface area contributed by atoms with Crippen LogP contribution in [0.5, 0.6) is 0 Å². The van der Waals surface area contributed by atoms with Crippen LogP contribution in [0.4, 0.5) is 24.8 Å². The molecule has 0 saturated carbocycles. The molecule has 2 heterocycles. The summed E-state index contributed by atoms with van der Waals surface area (Å²) < 4.78 is 39.4. The lowest BCUT2D eigenvalue weighted by Crippen LogP contribution is -2.07. The summed E-state index contributed by atoms with van der Waals surface area (Å²) in [6.07, 6.45) is -1.61. The number of H-pyrrole nitrogens is 1. The van der Waals surface area contributed by atoms with E-state index in [9.17, 15) is 18.0 Å². The maximum atomic E-state index is 12.7. The molecule has 0 atom stereocenters. The topological polar surface area (TPSA) is 75.6 Å². The number of aromatic nitrogens is 4. The molecule has 2 N–H and O–H groups in total. The van der Waals surface area contributed by atoms with Crippen LogP contribution in [0.3, 0.4) is 0 Å². The molecule has 0 aliphatic carbocycles. The zero-order valence-electron chi connectivity index (χ0n) is 11.5. The van der Waals surface area contributed by atoms with Crippen LogP contribution >= 0.6 is 0 Å². The van der Waals surface area contributed by atoms with E-state index in [0.717, 1.165) is 12.1 Å². The van der Waals surface area contributed by atoms with Crippen LogP contribution in [0.15, 0.2) is 53.7 Å². The molecule has 9 heteroatoms. The van der Waals surface area contributed by atoms with Gasteiger partial charge in [-0.15, -0.1) is 5.10 Å². The highest BCUT2D eigenvalue weighted by molar-refractivity contribution is 5.54. The Labute approximate surface area is 127 Å². The first-order valence-corrected chi connectivity index (χ1v) is 6.47. The lowest BCUT2D eigenvalue weighted by atomic mass is 10.2. The Kier molecular flexibility index (Phi) is 3.61. The van der Waals surface area contributed by atoms with E-state index in [4.69, 9.17) is 0 Å². The molecule has 0 aliphatic rings. The molecule has 3 aromatic rings. The van der Waals surface area contributed by atoms with Crippen molar-refractivity contribution in [3.05, 3.63) is 64.8 Å². The summed E-state index contributed by atoms with van der Waals surface area (Å²) in [7, 11) is 0. The van der Waals surface area contributed by atoms with Crippen LogP contribution in [0.25, 0.3) is 5.69 Å².